The number of halogens is 1. The quantitative estimate of drug-likeness (QED) is 0.104. The van der Waals surface area contributed by atoms with Crippen molar-refractivity contribution >= 4 is 52.1 Å². The van der Waals surface area contributed by atoms with Crippen LogP contribution in [0.1, 0.15) is 53.6 Å². The Morgan fingerprint density at radius 1 is 1.06 bits per heavy atom. The summed E-state index contributed by atoms with van der Waals surface area (Å²) in [6.07, 6.45) is 0.548. The molecule has 250 valence electrons. The number of ketones is 1. The van der Waals surface area contributed by atoms with Gasteiger partial charge in [-0.25, -0.2) is 14.2 Å². The standard InChI is InChI=1S/C31H35FN6O9/c1-3-38(15-17-12-21-25(11-16(17)2)36-31(33)37-28(21)43)18-7-9-20(22(32)13-18)27(42)35-24(30(46)47)10-8-19(39)14-34-23(29(44)45)5-4-6-26(40)41/h3,7,9,11-13,23-24,34H,1,4-6,8,10,14-15H2,2H3,(H,35,42)(H,40,41)(H,44,45)(H,46,47)(H3,33,36,37,43)/t23-,24+/m1/s1. The van der Waals surface area contributed by atoms with Crippen molar-refractivity contribution < 1.29 is 43.7 Å². The van der Waals surface area contributed by atoms with Crippen LogP contribution in [-0.4, -0.2) is 73.5 Å². The van der Waals surface area contributed by atoms with Crippen LogP contribution in [0.3, 0.4) is 0 Å². The minimum Gasteiger partial charge on any atom is -0.481 e. The number of nitrogens with two attached hydrogens (primary N) is 1. The fourth-order valence-electron chi connectivity index (χ4n) is 4.73. The number of aromatic amines is 1. The van der Waals surface area contributed by atoms with Crippen molar-refractivity contribution in [2.75, 3.05) is 17.2 Å². The second-order valence-corrected chi connectivity index (χ2v) is 10.7. The van der Waals surface area contributed by atoms with Gasteiger partial charge in [0.25, 0.3) is 11.5 Å². The molecular formula is C31H35FN6O9. The van der Waals surface area contributed by atoms with Gasteiger partial charge in [0, 0.05) is 25.1 Å². The van der Waals surface area contributed by atoms with E-state index in [0.717, 1.165) is 11.6 Å². The molecule has 1 aromatic heterocycles. The molecule has 1 amide bonds. The summed E-state index contributed by atoms with van der Waals surface area (Å²) in [5.41, 5.74) is 6.98. The van der Waals surface area contributed by atoms with Gasteiger partial charge in [-0.3, -0.25) is 34.3 Å². The van der Waals surface area contributed by atoms with Gasteiger partial charge in [-0.05, 0) is 73.8 Å². The summed E-state index contributed by atoms with van der Waals surface area (Å²) in [4.78, 5) is 79.4. The summed E-state index contributed by atoms with van der Waals surface area (Å²) >= 11 is 0. The highest BCUT2D eigenvalue weighted by Crippen LogP contribution is 2.24. The first-order chi connectivity index (χ1) is 22.2. The van der Waals surface area contributed by atoms with E-state index in [2.05, 4.69) is 27.2 Å². The van der Waals surface area contributed by atoms with E-state index in [1.807, 2.05) is 6.92 Å². The number of nitrogens with zero attached hydrogens (tertiary/aromatic N) is 2. The Kier molecular flexibility index (Phi) is 12.3. The monoisotopic (exact) mass is 654 g/mol. The molecule has 3 aromatic rings. The second-order valence-electron chi connectivity index (χ2n) is 10.7. The molecule has 15 nitrogen and oxygen atoms in total. The van der Waals surface area contributed by atoms with Gasteiger partial charge in [-0.2, -0.15) is 0 Å². The number of hydrogen-bond donors (Lipinski definition) is 7. The average molecular weight is 655 g/mol. The third-order valence-corrected chi connectivity index (χ3v) is 7.31. The van der Waals surface area contributed by atoms with E-state index in [1.54, 1.807) is 17.0 Å². The molecule has 0 fully saturated rings. The molecule has 0 unspecified atom stereocenters. The summed E-state index contributed by atoms with van der Waals surface area (Å²) in [7, 11) is 0. The highest BCUT2D eigenvalue weighted by Gasteiger charge is 2.25. The lowest BCUT2D eigenvalue weighted by Gasteiger charge is -2.22. The molecule has 0 saturated heterocycles. The number of aromatic nitrogens is 2. The fourth-order valence-corrected chi connectivity index (χ4v) is 4.73. The molecule has 8 N–H and O–H groups in total. The zero-order valence-electron chi connectivity index (χ0n) is 25.4. The third-order valence-electron chi connectivity index (χ3n) is 7.31. The molecule has 0 spiro atoms. The number of aliphatic carboxylic acids is 3. The number of carbonyl (C=O) groups excluding carboxylic acids is 2. The van der Waals surface area contributed by atoms with Crippen LogP contribution in [0.15, 0.2) is 47.9 Å². The van der Waals surface area contributed by atoms with Crippen molar-refractivity contribution in [3.63, 3.8) is 0 Å². The number of hydrogen-bond acceptors (Lipinski definition) is 10. The van der Waals surface area contributed by atoms with Gasteiger partial charge in [-0.15, -0.1) is 0 Å². The van der Waals surface area contributed by atoms with E-state index in [0.29, 0.717) is 22.2 Å². The van der Waals surface area contributed by atoms with E-state index in [4.69, 9.17) is 10.8 Å². The average Bonchev–Trinajstić information content (AvgIpc) is 2.99. The lowest BCUT2D eigenvalue weighted by Crippen LogP contribution is -2.42. The molecule has 3 rings (SSSR count). The van der Waals surface area contributed by atoms with Crippen LogP contribution in [0.25, 0.3) is 10.9 Å². The van der Waals surface area contributed by atoms with Crippen LogP contribution in [0.5, 0.6) is 0 Å². The maximum absolute atomic E-state index is 15.2. The number of amides is 1. The van der Waals surface area contributed by atoms with Crippen molar-refractivity contribution in [1.29, 1.82) is 0 Å². The van der Waals surface area contributed by atoms with Gasteiger partial charge in [0.2, 0.25) is 5.95 Å². The number of carbonyl (C=O) groups is 5. The number of fused-ring (bicyclic) bond motifs is 1. The Morgan fingerprint density at radius 2 is 1.77 bits per heavy atom. The van der Waals surface area contributed by atoms with Crippen molar-refractivity contribution in [2.24, 2.45) is 0 Å². The van der Waals surface area contributed by atoms with Crippen LogP contribution in [0.4, 0.5) is 16.0 Å². The summed E-state index contributed by atoms with van der Waals surface area (Å²) in [6, 6.07) is 4.30. The van der Waals surface area contributed by atoms with Gasteiger partial charge < -0.3 is 31.3 Å². The first-order valence-corrected chi connectivity index (χ1v) is 14.4. The van der Waals surface area contributed by atoms with Crippen molar-refractivity contribution in [3.05, 3.63) is 76.0 Å². The highest BCUT2D eigenvalue weighted by atomic mass is 19.1. The van der Waals surface area contributed by atoms with Crippen LogP contribution in [0, 0.1) is 12.7 Å². The topological polar surface area (TPSA) is 245 Å². The minimum absolute atomic E-state index is 0.0172. The number of nitrogen functional groups attached to an aromatic ring is 1. The maximum Gasteiger partial charge on any atom is 0.326 e. The zero-order valence-corrected chi connectivity index (χ0v) is 25.4. The van der Waals surface area contributed by atoms with Gasteiger partial charge in [0.15, 0.2) is 0 Å². The van der Waals surface area contributed by atoms with E-state index in [-0.39, 0.29) is 44.6 Å². The molecular weight excluding hydrogens is 619 g/mol. The Labute approximate surface area is 267 Å². The molecule has 1 heterocycles. The smallest absolute Gasteiger partial charge is 0.326 e. The number of benzene rings is 2. The molecule has 2 atom stereocenters. The summed E-state index contributed by atoms with van der Waals surface area (Å²) in [5.74, 6) is -6.36. The third kappa shape index (κ3) is 9.92. The predicted octanol–water partition coefficient (Wildman–Crippen LogP) is 1.93. The number of anilines is 2. The first-order valence-electron chi connectivity index (χ1n) is 14.4. The minimum atomic E-state index is -1.55. The first kappa shape index (κ1) is 35.8. The van der Waals surface area contributed by atoms with Crippen LogP contribution in [-0.2, 0) is 25.7 Å². The molecule has 0 bridgehead atoms. The Balaban J connectivity index is 1.64. The lowest BCUT2D eigenvalue weighted by atomic mass is 10.0. The van der Waals surface area contributed by atoms with E-state index >= 15 is 4.39 Å². The largest absolute Gasteiger partial charge is 0.481 e. The van der Waals surface area contributed by atoms with Crippen molar-refractivity contribution in [2.45, 2.75) is 57.7 Å². The molecule has 16 heteroatoms. The maximum atomic E-state index is 15.2. The molecule has 0 aliphatic carbocycles. The van der Waals surface area contributed by atoms with Gasteiger partial charge >= 0.3 is 17.9 Å². The van der Waals surface area contributed by atoms with Crippen LogP contribution >= 0.6 is 0 Å². The lowest BCUT2D eigenvalue weighted by molar-refractivity contribution is -0.141. The number of Topliss-reactive ketones (excluding diaryl/α,β-unsaturated/α-hetero) is 1. The fraction of sp³-hybridized carbons (Fsp3) is 0.323. The zero-order chi connectivity index (χ0) is 34.8. The number of aryl methyl sites for hydroxylation is 1. The number of H-pyrrole nitrogens is 1. The Bertz CT molecular complexity index is 1760. The number of rotatable bonds is 18. The molecule has 47 heavy (non-hydrogen) atoms. The van der Waals surface area contributed by atoms with Crippen molar-refractivity contribution in [3.8, 4) is 0 Å². The van der Waals surface area contributed by atoms with Gasteiger partial charge in [0.05, 0.1) is 23.0 Å². The normalized spacial score (nSPS) is 12.2. The SMILES string of the molecule is C=CN(Cc1cc2c(=O)[nH]c(N)nc2cc1C)c1ccc(C(=O)N[C@@H](CCC(=O)CN[C@H](CCCC(=O)O)C(=O)O)C(=O)O)c(F)c1. The Hall–Kier alpha value is -5.64. The van der Waals surface area contributed by atoms with E-state index in [9.17, 15) is 39.0 Å². The van der Waals surface area contributed by atoms with Crippen molar-refractivity contribution in [1.82, 2.24) is 20.6 Å². The predicted molar refractivity (Wildman–Crippen MR) is 168 cm³/mol. The molecule has 0 saturated carbocycles. The molecule has 0 aliphatic heterocycles. The van der Waals surface area contributed by atoms with Crippen LogP contribution in [0.2, 0.25) is 0 Å². The highest BCUT2D eigenvalue weighted by molar-refractivity contribution is 5.97. The molecule has 2 aromatic carbocycles. The second kappa shape index (κ2) is 16.1. The summed E-state index contributed by atoms with van der Waals surface area (Å²) in [6.45, 7) is 5.34. The van der Waals surface area contributed by atoms with Gasteiger partial charge in [0.1, 0.15) is 23.7 Å². The van der Waals surface area contributed by atoms with E-state index < -0.39 is 65.2 Å². The van der Waals surface area contributed by atoms with Gasteiger partial charge in [-0.1, -0.05) is 6.58 Å². The summed E-state index contributed by atoms with van der Waals surface area (Å²) < 4.78 is 15.2. The number of nitrogens with one attached hydrogen (secondary N) is 3. The number of carboxylic acids is 3. The Morgan fingerprint density at radius 3 is 2.38 bits per heavy atom. The van der Waals surface area contributed by atoms with E-state index in [1.165, 1.54) is 18.3 Å². The molecule has 0 radical (unpaired) electrons. The van der Waals surface area contributed by atoms with Crippen LogP contribution < -0.4 is 26.8 Å². The summed E-state index contributed by atoms with van der Waals surface area (Å²) in [5, 5.41) is 32.6. The molecule has 0 aliphatic rings. The number of carboxylic acid groups (broad SMARTS) is 3.